The Labute approximate surface area is 199 Å². The summed E-state index contributed by atoms with van der Waals surface area (Å²) >= 11 is 0. The average molecular weight is 464 g/mol. The maximum absolute atomic E-state index is 12.6. The summed E-state index contributed by atoms with van der Waals surface area (Å²) in [6.45, 7) is 2.38. The van der Waals surface area contributed by atoms with E-state index in [4.69, 9.17) is 18.9 Å². The largest absolute Gasteiger partial charge is 0.497 e. The second-order valence-electron chi connectivity index (χ2n) is 7.51. The van der Waals surface area contributed by atoms with Crippen LogP contribution < -0.4 is 14.2 Å². The molecule has 0 saturated carbocycles. The van der Waals surface area contributed by atoms with E-state index in [1.54, 1.807) is 38.4 Å². The predicted octanol–water partition coefficient (Wildman–Crippen LogP) is 4.47. The van der Waals surface area contributed by atoms with Crippen LogP contribution in [0.15, 0.2) is 60.7 Å². The van der Waals surface area contributed by atoms with Crippen LogP contribution in [0.25, 0.3) is 16.8 Å². The third-order valence-electron chi connectivity index (χ3n) is 5.38. The lowest BCUT2D eigenvalue weighted by molar-refractivity contribution is -0.148. The van der Waals surface area contributed by atoms with Crippen molar-refractivity contribution in [1.29, 1.82) is 0 Å². The minimum absolute atomic E-state index is 0.279. The van der Waals surface area contributed by atoms with Crippen molar-refractivity contribution in [2.75, 3.05) is 34.5 Å². The summed E-state index contributed by atoms with van der Waals surface area (Å²) in [5.41, 5.74) is 1.73. The molecule has 7 nitrogen and oxygen atoms in total. The van der Waals surface area contributed by atoms with Gasteiger partial charge in [0, 0.05) is 19.2 Å². The SMILES string of the molecule is CCN(Cc1ccc(OC)c(OC)c1)C(=O)COC(=O)/C=C/c1ccc2cc(OC)ccc2c1. The summed E-state index contributed by atoms with van der Waals surface area (Å²) in [6, 6.07) is 17.1. The molecule has 0 unspecified atom stereocenters. The van der Waals surface area contributed by atoms with Gasteiger partial charge in [-0.05, 0) is 65.2 Å². The summed E-state index contributed by atoms with van der Waals surface area (Å²) < 4.78 is 21.0. The van der Waals surface area contributed by atoms with Gasteiger partial charge in [0.15, 0.2) is 18.1 Å². The number of methoxy groups -OCH3 is 3. The summed E-state index contributed by atoms with van der Waals surface area (Å²) in [5, 5.41) is 2.07. The zero-order chi connectivity index (χ0) is 24.5. The predicted molar refractivity (Wildman–Crippen MR) is 131 cm³/mol. The molecule has 0 aliphatic heterocycles. The van der Waals surface area contributed by atoms with Crippen LogP contribution in [0.2, 0.25) is 0 Å². The number of fused-ring (bicyclic) bond motifs is 1. The topological polar surface area (TPSA) is 74.3 Å². The lowest BCUT2D eigenvalue weighted by Crippen LogP contribution is -2.34. The highest BCUT2D eigenvalue weighted by Gasteiger charge is 2.15. The lowest BCUT2D eigenvalue weighted by atomic mass is 10.1. The molecule has 0 radical (unpaired) electrons. The molecular formula is C27H29NO6. The molecule has 0 N–H and O–H groups in total. The van der Waals surface area contributed by atoms with Gasteiger partial charge in [-0.1, -0.05) is 24.3 Å². The molecule has 3 rings (SSSR count). The van der Waals surface area contributed by atoms with Gasteiger partial charge >= 0.3 is 5.97 Å². The number of carbonyl (C=O) groups excluding carboxylic acids is 2. The highest BCUT2D eigenvalue weighted by molar-refractivity contribution is 5.91. The molecule has 34 heavy (non-hydrogen) atoms. The quantitative estimate of drug-likeness (QED) is 0.326. The fourth-order valence-electron chi connectivity index (χ4n) is 3.49. The van der Waals surface area contributed by atoms with Crippen molar-refractivity contribution in [3.8, 4) is 17.2 Å². The highest BCUT2D eigenvalue weighted by Crippen LogP contribution is 2.28. The Morgan fingerprint density at radius 3 is 2.29 bits per heavy atom. The van der Waals surface area contributed by atoms with Gasteiger partial charge in [0.25, 0.3) is 5.91 Å². The second kappa shape index (κ2) is 11.7. The standard InChI is InChI=1S/C27H29NO6/c1-5-28(17-20-7-12-24(32-3)25(15-20)33-4)26(29)18-34-27(30)13-8-19-6-9-22-16-23(31-2)11-10-21(22)14-19/h6-16H,5,17-18H2,1-4H3/b13-8+. The van der Waals surface area contributed by atoms with Crippen LogP contribution in [0.3, 0.4) is 0 Å². The Morgan fingerprint density at radius 2 is 1.59 bits per heavy atom. The second-order valence-corrected chi connectivity index (χ2v) is 7.51. The average Bonchev–Trinajstić information content (AvgIpc) is 2.88. The van der Waals surface area contributed by atoms with Crippen molar-refractivity contribution >= 4 is 28.7 Å². The molecule has 0 bridgehead atoms. The monoisotopic (exact) mass is 463 g/mol. The molecule has 1 amide bonds. The van der Waals surface area contributed by atoms with E-state index >= 15 is 0 Å². The zero-order valence-corrected chi connectivity index (χ0v) is 19.9. The number of nitrogens with zero attached hydrogens (tertiary/aromatic N) is 1. The van der Waals surface area contributed by atoms with Gasteiger partial charge < -0.3 is 23.8 Å². The van der Waals surface area contributed by atoms with Gasteiger partial charge in [-0.25, -0.2) is 4.79 Å². The van der Waals surface area contributed by atoms with E-state index in [0.29, 0.717) is 24.6 Å². The number of likely N-dealkylation sites (N-methyl/N-ethyl adjacent to an activating group) is 1. The van der Waals surface area contributed by atoms with Crippen LogP contribution in [-0.4, -0.2) is 51.3 Å². The number of benzene rings is 3. The van der Waals surface area contributed by atoms with E-state index in [2.05, 4.69) is 0 Å². The van der Waals surface area contributed by atoms with Gasteiger partial charge in [0.1, 0.15) is 5.75 Å². The molecule has 0 aliphatic carbocycles. The third kappa shape index (κ3) is 6.28. The molecule has 0 aromatic heterocycles. The molecule has 7 heteroatoms. The summed E-state index contributed by atoms with van der Waals surface area (Å²) in [6.07, 6.45) is 2.99. The van der Waals surface area contributed by atoms with Crippen LogP contribution in [0.5, 0.6) is 17.2 Å². The first-order chi connectivity index (χ1) is 16.5. The first-order valence-corrected chi connectivity index (χ1v) is 10.9. The van der Waals surface area contributed by atoms with Crippen molar-refractivity contribution in [2.24, 2.45) is 0 Å². The first kappa shape index (κ1) is 24.6. The number of ether oxygens (including phenoxy) is 4. The third-order valence-corrected chi connectivity index (χ3v) is 5.38. The molecule has 0 spiro atoms. The van der Waals surface area contributed by atoms with E-state index in [1.807, 2.05) is 55.5 Å². The molecule has 0 saturated heterocycles. The summed E-state index contributed by atoms with van der Waals surface area (Å²) in [5.74, 6) is 1.14. The lowest BCUT2D eigenvalue weighted by Gasteiger charge is -2.21. The molecule has 0 heterocycles. The number of amides is 1. The van der Waals surface area contributed by atoms with E-state index in [1.165, 1.54) is 6.08 Å². The van der Waals surface area contributed by atoms with E-state index < -0.39 is 5.97 Å². The summed E-state index contributed by atoms with van der Waals surface area (Å²) in [4.78, 5) is 26.4. The Hall–Kier alpha value is -4.00. The maximum Gasteiger partial charge on any atom is 0.331 e. The van der Waals surface area contributed by atoms with Gasteiger partial charge in [-0.15, -0.1) is 0 Å². The van der Waals surface area contributed by atoms with Crippen molar-refractivity contribution < 1.29 is 28.5 Å². The molecule has 3 aromatic carbocycles. The number of hydrogen-bond acceptors (Lipinski definition) is 6. The first-order valence-electron chi connectivity index (χ1n) is 10.9. The Kier molecular flexibility index (Phi) is 8.51. The van der Waals surface area contributed by atoms with Crippen molar-refractivity contribution in [1.82, 2.24) is 4.90 Å². The molecule has 0 aliphatic rings. The maximum atomic E-state index is 12.6. The van der Waals surface area contributed by atoms with Crippen LogP contribution in [0.1, 0.15) is 18.1 Å². The fraction of sp³-hybridized carbons (Fsp3) is 0.259. The Bertz CT molecular complexity index is 1190. The summed E-state index contributed by atoms with van der Waals surface area (Å²) in [7, 11) is 4.76. The van der Waals surface area contributed by atoms with Crippen LogP contribution >= 0.6 is 0 Å². The Morgan fingerprint density at radius 1 is 0.853 bits per heavy atom. The normalized spacial score (nSPS) is 10.8. The molecule has 178 valence electrons. The number of hydrogen-bond donors (Lipinski definition) is 0. The van der Waals surface area contributed by atoms with Crippen LogP contribution in [0.4, 0.5) is 0 Å². The van der Waals surface area contributed by atoms with E-state index in [-0.39, 0.29) is 12.5 Å². The van der Waals surface area contributed by atoms with E-state index in [9.17, 15) is 9.59 Å². The van der Waals surface area contributed by atoms with E-state index in [0.717, 1.165) is 27.6 Å². The zero-order valence-electron chi connectivity index (χ0n) is 19.9. The number of esters is 1. The fourth-order valence-corrected chi connectivity index (χ4v) is 3.49. The van der Waals surface area contributed by atoms with Gasteiger partial charge in [0.05, 0.1) is 21.3 Å². The van der Waals surface area contributed by atoms with Crippen molar-refractivity contribution in [3.05, 3.63) is 71.8 Å². The molecule has 3 aromatic rings. The Balaban J connectivity index is 1.56. The smallest absolute Gasteiger partial charge is 0.331 e. The minimum atomic E-state index is -0.578. The van der Waals surface area contributed by atoms with Crippen LogP contribution in [-0.2, 0) is 20.9 Å². The highest BCUT2D eigenvalue weighted by atomic mass is 16.5. The minimum Gasteiger partial charge on any atom is -0.497 e. The molecular weight excluding hydrogens is 434 g/mol. The van der Waals surface area contributed by atoms with Crippen molar-refractivity contribution in [2.45, 2.75) is 13.5 Å². The van der Waals surface area contributed by atoms with Crippen LogP contribution in [0, 0.1) is 0 Å². The molecule has 0 atom stereocenters. The van der Waals surface area contributed by atoms with Gasteiger partial charge in [0.2, 0.25) is 0 Å². The molecule has 0 fully saturated rings. The van der Waals surface area contributed by atoms with Gasteiger partial charge in [-0.2, -0.15) is 0 Å². The number of rotatable bonds is 10. The van der Waals surface area contributed by atoms with Gasteiger partial charge in [-0.3, -0.25) is 4.79 Å². The van der Waals surface area contributed by atoms with Crippen molar-refractivity contribution in [3.63, 3.8) is 0 Å². The number of carbonyl (C=O) groups is 2.